The van der Waals surface area contributed by atoms with Crippen molar-refractivity contribution in [3.05, 3.63) is 77.3 Å². The Morgan fingerprint density at radius 3 is 2.39 bits per heavy atom. The quantitative estimate of drug-likeness (QED) is 0.623. The summed E-state index contributed by atoms with van der Waals surface area (Å²) in [7, 11) is 0. The molecule has 3 aromatic rings. The first-order valence-electron chi connectivity index (χ1n) is 8.82. The third kappa shape index (κ3) is 3.99. The minimum absolute atomic E-state index is 0.201. The molecule has 6 nitrogen and oxygen atoms in total. The molecule has 0 aliphatic carbocycles. The number of carbonyl (C=O) groups excluding carboxylic acids is 2. The average molecular weight is 391 g/mol. The lowest BCUT2D eigenvalue weighted by atomic mass is 10.1. The molecule has 7 heteroatoms. The Kier molecular flexibility index (Phi) is 5.25. The van der Waals surface area contributed by atoms with Gasteiger partial charge in [-0.05, 0) is 5.56 Å². The van der Waals surface area contributed by atoms with E-state index in [2.05, 4.69) is 10.1 Å². The number of amides is 1. The molecule has 140 valence electrons. The fourth-order valence-corrected chi connectivity index (χ4v) is 3.62. The van der Waals surface area contributed by atoms with Crippen LogP contribution < -0.4 is 0 Å². The minimum atomic E-state index is -0.613. The van der Waals surface area contributed by atoms with Crippen LogP contribution in [0.5, 0.6) is 0 Å². The van der Waals surface area contributed by atoms with E-state index in [9.17, 15) is 9.59 Å². The molecule has 1 aliphatic rings. The zero-order valence-corrected chi connectivity index (χ0v) is 15.8. The highest BCUT2D eigenvalue weighted by Crippen LogP contribution is 2.23. The predicted octanol–water partition coefficient (Wildman–Crippen LogP) is 3.60. The highest BCUT2D eigenvalue weighted by Gasteiger charge is 2.23. The molecule has 0 spiro atoms. The largest absolute Gasteiger partial charge is 0.451 e. The molecule has 0 fully saturated rings. The predicted molar refractivity (Wildman–Crippen MR) is 107 cm³/mol. The van der Waals surface area contributed by atoms with Gasteiger partial charge in [-0.25, -0.2) is 14.8 Å². The molecule has 1 aromatic heterocycles. The number of thiazole rings is 1. The zero-order valence-electron chi connectivity index (χ0n) is 14.9. The molecular formula is C21H17N3O3S. The van der Waals surface area contributed by atoms with Crippen molar-refractivity contribution in [1.29, 1.82) is 0 Å². The summed E-state index contributed by atoms with van der Waals surface area (Å²) >= 11 is 1.36. The van der Waals surface area contributed by atoms with Crippen molar-refractivity contribution in [2.45, 2.75) is 6.42 Å². The fraction of sp³-hybridized carbons (Fsp3) is 0.143. The molecule has 0 atom stereocenters. The van der Waals surface area contributed by atoms with Crippen LogP contribution in [0.15, 0.2) is 71.1 Å². The minimum Gasteiger partial charge on any atom is -0.451 e. The third-order valence-electron chi connectivity index (χ3n) is 4.26. The lowest BCUT2D eigenvalue weighted by Gasteiger charge is -2.11. The van der Waals surface area contributed by atoms with Gasteiger partial charge in [0, 0.05) is 17.4 Å². The van der Waals surface area contributed by atoms with Crippen LogP contribution in [0.4, 0.5) is 0 Å². The van der Waals surface area contributed by atoms with Gasteiger partial charge in [0.15, 0.2) is 12.3 Å². The second kappa shape index (κ2) is 8.14. The summed E-state index contributed by atoms with van der Waals surface area (Å²) in [4.78, 5) is 28.8. The molecule has 0 radical (unpaired) electrons. The van der Waals surface area contributed by atoms with Crippen LogP contribution in [-0.4, -0.2) is 40.7 Å². The van der Waals surface area contributed by atoms with E-state index in [0.29, 0.717) is 13.0 Å². The number of benzene rings is 2. The van der Waals surface area contributed by atoms with Gasteiger partial charge in [0.1, 0.15) is 5.01 Å². The Balaban J connectivity index is 1.35. The van der Waals surface area contributed by atoms with Gasteiger partial charge in [0.25, 0.3) is 5.91 Å². The molecule has 1 aliphatic heterocycles. The molecule has 28 heavy (non-hydrogen) atoms. The summed E-state index contributed by atoms with van der Waals surface area (Å²) < 4.78 is 5.14. The van der Waals surface area contributed by atoms with Crippen molar-refractivity contribution in [2.75, 3.05) is 13.2 Å². The van der Waals surface area contributed by atoms with Crippen LogP contribution in [0, 0.1) is 0 Å². The van der Waals surface area contributed by atoms with Gasteiger partial charge >= 0.3 is 5.97 Å². The molecule has 0 N–H and O–H groups in total. The summed E-state index contributed by atoms with van der Waals surface area (Å²) in [6, 6.07) is 19.3. The Bertz CT molecular complexity index is 1020. The summed E-state index contributed by atoms with van der Waals surface area (Å²) in [6.07, 6.45) is 0.677. The molecule has 4 rings (SSSR count). The standard InChI is InChI=1S/C21H17N3O3S/c25-19(24-12-11-17(23-24)15-7-3-1-4-8-15)13-27-21(26)18-14-28-20(22-18)16-9-5-2-6-10-16/h1-10,14H,11-13H2. The van der Waals surface area contributed by atoms with Crippen molar-refractivity contribution >= 4 is 28.9 Å². The maximum Gasteiger partial charge on any atom is 0.358 e. The first kappa shape index (κ1) is 18.1. The van der Waals surface area contributed by atoms with E-state index in [4.69, 9.17) is 4.74 Å². The van der Waals surface area contributed by atoms with E-state index < -0.39 is 5.97 Å². The van der Waals surface area contributed by atoms with Gasteiger partial charge < -0.3 is 4.74 Å². The normalized spacial score (nSPS) is 13.3. The van der Waals surface area contributed by atoms with Crippen LogP contribution >= 0.6 is 11.3 Å². The molecular weight excluding hydrogens is 374 g/mol. The highest BCUT2D eigenvalue weighted by atomic mass is 32.1. The van der Waals surface area contributed by atoms with Crippen molar-refractivity contribution in [3.8, 4) is 10.6 Å². The first-order chi connectivity index (χ1) is 13.7. The van der Waals surface area contributed by atoms with Crippen molar-refractivity contribution in [1.82, 2.24) is 9.99 Å². The van der Waals surface area contributed by atoms with E-state index in [1.54, 1.807) is 5.38 Å². The number of rotatable bonds is 5. The number of ether oxygens (including phenoxy) is 1. The van der Waals surface area contributed by atoms with E-state index >= 15 is 0 Å². The summed E-state index contributed by atoms with van der Waals surface area (Å²) in [5.41, 5.74) is 2.98. The summed E-state index contributed by atoms with van der Waals surface area (Å²) in [5.74, 6) is -0.962. The number of hydrogen-bond acceptors (Lipinski definition) is 6. The average Bonchev–Trinajstić information content (AvgIpc) is 3.43. The van der Waals surface area contributed by atoms with Gasteiger partial charge in [-0.3, -0.25) is 4.79 Å². The number of nitrogens with zero attached hydrogens (tertiary/aromatic N) is 3. The molecule has 2 heterocycles. The molecule has 0 unspecified atom stereocenters. The maximum absolute atomic E-state index is 12.3. The second-order valence-electron chi connectivity index (χ2n) is 6.16. The van der Waals surface area contributed by atoms with Gasteiger partial charge in [0.2, 0.25) is 0 Å². The third-order valence-corrected chi connectivity index (χ3v) is 5.15. The first-order valence-corrected chi connectivity index (χ1v) is 9.70. The Morgan fingerprint density at radius 1 is 1.00 bits per heavy atom. The monoisotopic (exact) mass is 391 g/mol. The topological polar surface area (TPSA) is 71.9 Å². The maximum atomic E-state index is 12.3. The number of hydrogen-bond donors (Lipinski definition) is 0. The molecule has 2 aromatic carbocycles. The van der Waals surface area contributed by atoms with Crippen molar-refractivity contribution in [2.24, 2.45) is 5.10 Å². The summed E-state index contributed by atoms with van der Waals surface area (Å²) in [6.45, 7) is 0.123. The zero-order chi connectivity index (χ0) is 19.3. The fourth-order valence-electron chi connectivity index (χ4n) is 2.83. The lowest BCUT2D eigenvalue weighted by Crippen LogP contribution is -2.28. The van der Waals surface area contributed by atoms with Crippen LogP contribution in [0.3, 0.4) is 0 Å². The Hall–Kier alpha value is -3.32. The van der Waals surface area contributed by atoms with Crippen LogP contribution in [-0.2, 0) is 9.53 Å². The molecule has 0 saturated carbocycles. The van der Waals surface area contributed by atoms with Crippen molar-refractivity contribution < 1.29 is 14.3 Å². The van der Waals surface area contributed by atoms with E-state index in [-0.39, 0.29) is 18.2 Å². The Morgan fingerprint density at radius 2 is 1.68 bits per heavy atom. The van der Waals surface area contributed by atoms with Crippen LogP contribution in [0.25, 0.3) is 10.6 Å². The highest BCUT2D eigenvalue weighted by molar-refractivity contribution is 7.13. The van der Waals surface area contributed by atoms with Crippen LogP contribution in [0.1, 0.15) is 22.5 Å². The number of aromatic nitrogens is 1. The molecule has 0 saturated heterocycles. The molecule has 0 bridgehead atoms. The second-order valence-corrected chi connectivity index (χ2v) is 7.02. The summed E-state index contributed by atoms with van der Waals surface area (Å²) in [5, 5.41) is 8.07. The smallest absolute Gasteiger partial charge is 0.358 e. The van der Waals surface area contributed by atoms with Crippen molar-refractivity contribution in [3.63, 3.8) is 0 Å². The SMILES string of the molecule is O=C(OCC(=O)N1CCC(c2ccccc2)=N1)c1csc(-c2ccccc2)n1. The van der Waals surface area contributed by atoms with Gasteiger partial charge in [-0.2, -0.15) is 5.10 Å². The molecule has 1 amide bonds. The number of hydrazone groups is 1. The van der Waals surface area contributed by atoms with E-state index in [1.807, 2.05) is 60.7 Å². The number of carbonyl (C=O) groups is 2. The van der Waals surface area contributed by atoms with Gasteiger partial charge in [-0.1, -0.05) is 60.7 Å². The van der Waals surface area contributed by atoms with E-state index in [1.165, 1.54) is 16.3 Å². The lowest BCUT2D eigenvalue weighted by molar-refractivity contribution is -0.134. The van der Waals surface area contributed by atoms with Crippen LogP contribution in [0.2, 0.25) is 0 Å². The van der Waals surface area contributed by atoms with Gasteiger partial charge in [0.05, 0.1) is 12.3 Å². The van der Waals surface area contributed by atoms with E-state index in [0.717, 1.165) is 21.8 Å². The number of esters is 1. The van der Waals surface area contributed by atoms with Gasteiger partial charge in [-0.15, -0.1) is 11.3 Å². The Labute approximate surface area is 166 Å².